The molecule has 0 radical (unpaired) electrons. The van der Waals surface area contributed by atoms with Crippen LogP contribution in [0, 0.1) is 11.8 Å². The van der Waals surface area contributed by atoms with Crippen molar-refractivity contribution < 1.29 is 9.90 Å². The zero-order valence-corrected chi connectivity index (χ0v) is 7.49. The lowest BCUT2D eigenvalue weighted by atomic mass is 9.91. The second-order valence-electron chi connectivity index (χ2n) is 3.85. The Bertz CT molecular complexity index is 170. The molecule has 3 atom stereocenters. The Morgan fingerprint density at radius 2 is 2.33 bits per heavy atom. The van der Waals surface area contributed by atoms with Crippen LogP contribution in [0.5, 0.6) is 0 Å². The summed E-state index contributed by atoms with van der Waals surface area (Å²) in [5, 5.41) is 8.60. The molecular formula is C9H17NO2. The van der Waals surface area contributed by atoms with E-state index in [1.807, 2.05) is 0 Å². The van der Waals surface area contributed by atoms with Crippen LogP contribution in [-0.4, -0.2) is 17.1 Å². The molecule has 3 heteroatoms. The van der Waals surface area contributed by atoms with Crippen molar-refractivity contribution in [3.05, 3.63) is 0 Å². The molecule has 0 bridgehead atoms. The number of carboxylic acids is 1. The highest BCUT2D eigenvalue weighted by Crippen LogP contribution is 2.33. The number of carboxylic acid groups (broad SMARTS) is 1. The van der Waals surface area contributed by atoms with Crippen LogP contribution in [0.4, 0.5) is 0 Å². The van der Waals surface area contributed by atoms with Crippen LogP contribution in [0.1, 0.15) is 32.6 Å². The van der Waals surface area contributed by atoms with Gasteiger partial charge in [0.1, 0.15) is 6.04 Å². The van der Waals surface area contributed by atoms with Gasteiger partial charge >= 0.3 is 5.97 Å². The number of aliphatic carboxylic acids is 1. The molecular weight excluding hydrogens is 154 g/mol. The predicted octanol–water partition coefficient (Wildman–Crippen LogP) is 1.22. The highest BCUT2D eigenvalue weighted by molar-refractivity contribution is 5.73. The first-order chi connectivity index (χ1) is 5.61. The summed E-state index contributed by atoms with van der Waals surface area (Å²) in [4.78, 5) is 10.5. The maximum absolute atomic E-state index is 10.5. The molecule has 0 amide bonds. The third-order valence-corrected chi connectivity index (χ3v) is 2.91. The lowest BCUT2D eigenvalue weighted by molar-refractivity contribution is -0.139. The maximum Gasteiger partial charge on any atom is 0.320 e. The van der Waals surface area contributed by atoms with E-state index in [1.165, 1.54) is 12.8 Å². The molecule has 12 heavy (non-hydrogen) atoms. The van der Waals surface area contributed by atoms with Crippen LogP contribution in [0.3, 0.4) is 0 Å². The first-order valence-corrected chi connectivity index (χ1v) is 4.59. The predicted molar refractivity (Wildman–Crippen MR) is 46.7 cm³/mol. The largest absolute Gasteiger partial charge is 0.480 e. The van der Waals surface area contributed by atoms with Crippen LogP contribution in [-0.2, 0) is 4.79 Å². The summed E-state index contributed by atoms with van der Waals surface area (Å²) in [6, 6.07) is -0.657. The number of hydrogen-bond donors (Lipinski definition) is 2. The van der Waals surface area contributed by atoms with Gasteiger partial charge in [0.15, 0.2) is 0 Å². The number of carbonyl (C=O) groups is 1. The van der Waals surface area contributed by atoms with Gasteiger partial charge in [-0.15, -0.1) is 0 Å². The molecule has 0 unspecified atom stereocenters. The molecule has 1 fully saturated rings. The van der Waals surface area contributed by atoms with Crippen LogP contribution < -0.4 is 5.73 Å². The van der Waals surface area contributed by atoms with Gasteiger partial charge in [-0.2, -0.15) is 0 Å². The molecule has 1 aliphatic carbocycles. The maximum atomic E-state index is 10.5. The van der Waals surface area contributed by atoms with E-state index in [4.69, 9.17) is 10.8 Å². The monoisotopic (exact) mass is 171 g/mol. The summed E-state index contributed by atoms with van der Waals surface area (Å²) >= 11 is 0. The van der Waals surface area contributed by atoms with Crippen LogP contribution in [0.15, 0.2) is 0 Å². The Morgan fingerprint density at radius 3 is 2.75 bits per heavy atom. The van der Waals surface area contributed by atoms with E-state index in [0.29, 0.717) is 18.3 Å². The Labute approximate surface area is 72.9 Å². The van der Waals surface area contributed by atoms with E-state index in [2.05, 4.69) is 6.92 Å². The minimum atomic E-state index is -0.867. The van der Waals surface area contributed by atoms with Crippen LogP contribution in [0.25, 0.3) is 0 Å². The highest BCUT2D eigenvalue weighted by Gasteiger charge is 2.27. The van der Waals surface area contributed by atoms with Gasteiger partial charge < -0.3 is 10.8 Å². The lowest BCUT2D eigenvalue weighted by Gasteiger charge is -2.17. The molecule has 3 N–H and O–H groups in total. The average Bonchev–Trinajstić information content (AvgIpc) is 2.36. The van der Waals surface area contributed by atoms with Crippen molar-refractivity contribution in [3.63, 3.8) is 0 Å². The number of rotatable bonds is 3. The quantitative estimate of drug-likeness (QED) is 0.671. The van der Waals surface area contributed by atoms with Gasteiger partial charge in [0, 0.05) is 0 Å². The summed E-state index contributed by atoms with van der Waals surface area (Å²) in [5.41, 5.74) is 5.46. The first-order valence-electron chi connectivity index (χ1n) is 4.59. The fourth-order valence-corrected chi connectivity index (χ4v) is 2.00. The molecule has 0 spiro atoms. The zero-order valence-electron chi connectivity index (χ0n) is 7.49. The molecule has 0 aromatic heterocycles. The molecule has 1 aliphatic rings. The van der Waals surface area contributed by atoms with Gasteiger partial charge in [-0.3, -0.25) is 4.79 Å². The number of hydrogen-bond acceptors (Lipinski definition) is 2. The van der Waals surface area contributed by atoms with Crippen molar-refractivity contribution in [2.75, 3.05) is 0 Å². The van der Waals surface area contributed by atoms with Crippen molar-refractivity contribution in [2.24, 2.45) is 17.6 Å². The van der Waals surface area contributed by atoms with Gasteiger partial charge in [-0.05, 0) is 18.3 Å². The summed E-state index contributed by atoms with van der Waals surface area (Å²) in [6.07, 6.45) is 4.27. The SMILES string of the molecule is C[C@H]1CCC[C@H]1C[C@H](N)C(=O)O. The molecule has 0 aliphatic heterocycles. The van der Waals surface area contributed by atoms with Gasteiger partial charge in [0.25, 0.3) is 0 Å². The molecule has 0 heterocycles. The van der Waals surface area contributed by atoms with Crippen molar-refractivity contribution in [1.29, 1.82) is 0 Å². The first kappa shape index (κ1) is 9.52. The van der Waals surface area contributed by atoms with Crippen molar-refractivity contribution >= 4 is 5.97 Å². The van der Waals surface area contributed by atoms with Crippen molar-refractivity contribution in [1.82, 2.24) is 0 Å². The van der Waals surface area contributed by atoms with E-state index in [1.54, 1.807) is 0 Å². The van der Waals surface area contributed by atoms with Crippen molar-refractivity contribution in [2.45, 2.75) is 38.6 Å². The minimum Gasteiger partial charge on any atom is -0.480 e. The highest BCUT2D eigenvalue weighted by atomic mass is 16.4. The van der Waals surface area contributed by atoms with Crippen LogP contribution in [0.2, 0.25) is 0 Å². The summed E-state index contributed by atoms with van der Waals surface area (Å²) in [5.74, 6) is 0.334. The standard InChI is InChI=1S/C9H17NO2/c1-6-3-2-4-7(6)5-8(10)9(11)12/h6-8H,2-5,10H2,1H3,(H,11,12)/t6-,7-,8-/m0/s1. The van der Waals surface area contributed by atoms with E-state index >= 15 is 0 Å². The Hall–Kier alpha value is -0.570. The van der Waals surface area contributed by atoms with Crippen LogP contribution >= 0.6 is 0 Å². The summed E-state index contributed by atoms with van der Waals surface area (Å²) < 4.78 is 0. The fraction of sp³-hybridized carbons (Fsp3) is 0.889. The third-order valence-electron chi connectivity index (χ3n) is 2.91. The molecule has 1 saturated carbocycles. The van der Waals surface area contributed by atoms with Gasteiger partial charge in [-0.25, -0.2) is 0 Å². The third kappa shape index (κ3) is 2.21. The van der Waals surface area contributed by atoms with Gasteiger partial charge in [0.05, 0.1) is 0 Å². The molecule has 0 aromatic carbocycles. The Balaban J connectivity index is 2.35. The second-order valence-corrected chi connectivity index (χ2v) is 3.85. The topological polar surface area (TPSA) is 63.3 Å². The van der Waals surface area contributed by atoms with E-state index in [0.717, 1.165) is 6.42 Å². The molecule has 0 saturated heterocycles. The average molecular weight is 171 g/mol. The van der Waals surface area contributed by atoms with E-state index < -0.39 is 12.0 Å². The van der Waals surface area contributed by atoms with Crippen molar-refractivity contribution in [3.8, 4) is 0 Å². The Kier molecular flexibility index (Phi) is 3.09. The Morgan fingerprint density at radius 1 is 1.67 bits per heavy atom. The minimum absolute atomic E-state index is 0.538. The number of nitrogens with two attached hydrogens (primary N) is 1. The van der Waals surface area contributed by atoms with E-state index in [-0.39, 0.29) is 0 Å². The normalized spacial score (nSPS) is 31.8. The molecule has 0 aromatic rings. The van der Waals surface area contributed by atoms with E-state index in [9.17, 15) is 4.79 Å². The molecule has 3 nitrogen and oxygen atoms in total. The summed E-state index contributed by atoms with van der Waals surface area (Å²) in [7, 11) is 0. The molecule has 70 valence electrons. The van der Waals surface area contributed by atoms with Gasteiger partial charge in [0.2, 0.25) is 0 Å². The smallest absolute Gasteiger partial charge is 0.320 e. The zero-order chi connectivity index (χ0) is 9.14. The van der Waals surface area contributed by atoms with Gasteiger partial charge in [-0.1, -0.05) is 26.2 Å². The second kappa shape index (κ2) is 3.90. The summed E-state index contributed by atoms with van der Waals surface area (Å²) in [6.45, 7) is 2.19. The lowest BCUT2D eigenvalue weighted by Crippen LogP contribution is -2.32. The molecule has 1 rings (SSSR count). The fourth-order valence-electron chi connectivity index (χ4n) is 2.00.